The Hall–Kier alpha value is -0.0800. The van der Waals surface area contributed by atoms with Gasteiger partial charge in [-0.05, 0) is 25.8 Å². The maximum absolute atomic E-state index is 5.56. The fourth-order valence-electron chi connectivity index (χ4n) is 1.61. The average Bonchev–Trinajstić information content (AvgIpc) is 2.26. The van der Waals surface area contributed by atoms with Crippen LogP contribution in [0.5, 0.6) is 0 Å². The van der Waals surface area contributed by atoms with E-state index >= 15 is 0 Å². The van der Waals surface area contributed by atoms with Crippen LogP contribution in [-0.4, -0.2) is 19.8 Å². The number of rotatable bonds is 12. The lowest BCUT2D eigenvalue weighted by Gasteiger charge is -2.03. The number of hydrogen-bond acceptors (Lipinski definition) is 2. The van der Waals surface area contributed by atoms with Crippen molar-refractivity contribution in [2.45, 2.75) is 64.7 Å². The molecule has 0 radical (unpaired) electrons. The molecule has 0 aliphatic heterocycles. The Morgan fingerprint density at radius 3 is 1.80 bits per heavy atom. The van der Waals surface area contributed by atoms with Crippen LogP contribution in [0.2, 0.25) is 0 Å². The Kier molecular flexibility index (Phi) is 13.8. The van der Waals surface area contributed by atoms with E-state index in [4.69, 9.17) is 10.5 Å². The second-order valence-electron chi connectivity index (χ2n) is 4.23. The van der Waals surface area contributed by atoms with E-state index in [1.807, 2.05) is 0 Å². The molecule has 0 fully saturated rings. The summed E-state index contributed by atoms with van der Waals surface area (Å²) in [6.45, 7) is 4.98. The van der Waals surface area contributed by atoms with Gasteiger partial charge in [0.1, 0.15) is 0 Å². The zero-order valence-corrected chi connectivity index (χ0v) is 10.5. The summed E-state index contributed by atoms with van der Waals surface area (Å²) >= 11 is 0. The smallest absolute Gasteiger partial charge is 0.0466 e. The van der Waals surface area contributed by atoms with E-state index in [0.717, 1.165) is 26.2 Å². The highest BCUT2D eigenvalue weighted by molar-refractivity contribution is 4.44. The summed E-state index contributed by atoms with van der Waals surface area (Å²) in [4.78, 5) is 0. The second-order valence-corrected chi connectivity index (χ2v) is 4.23. The van der Waals surface area contributed by atoms with Crippen molar-refractivity contribution < 1.29 is 4.74 Å². The molecule has 92 valence electrons. The van der Waals surface area contributed by atoms with Gasteiger partial charge in [-0.1, -0.05) is 45.4 Å². The third-order valence-electron chi connectivity index (χ3n) is 2.64. The lowest BCUT2D eigenvalue weighted by Crippen LogP contribution is -2.00. The van der Waals surface area contributed by atoms with E-state index in [0.29, 0.717) is 0 Å². The molecular weight excluding hydrogens is 186 g/mol. The molecule has 2 N–H and O–H groups in total. The highest BCUT2D eigenvalue weighted by Gasteiger charge is 1.91. The van der Waals surface area contributed by atoms with Gasteiger partial charge < -0.3 is 10.5 Å². The van der Waals surface area contributed by atoms with E-state index in [1.165, 1.54) is 51.4 Å². The van der Waals surface area contributed by atoms with Gasteiger partial charge in [-0.3, -0.25) is 0 Å². The van der Waals surface area contributed by atoms with Gasteiger partial charge in [0.2, 0.25) is 0 Å². The Morgan fingerprint density at radius 1 is 0.733 bits per heavy atom. The second kappa shape index (κ2) is 13.9. The van der Waals surface area contributed by atoms with Crippen LogP contribution >= 0.6 is 0 Å². The Morgan fingerprint density at radius 2 is 1.27 bits per heavy atom. The third-order valence-corrected chi connectivity index (χ3v) is 2.64. The topological polar surface area (TPSA) is 35.2 Å². The molecule has 0 heterocycles. The van der Waals surface area contributed by atoms with E-state index in [-0.39, 0.29) is 0 Å². The summed E-state index contributed by atoms with van der Waals surface area (Å²) in [5.74, 6) is 0. The molecule has 0 rings (SSSR count). The predicted molar refractivity (Wildman–Crippen MR) is 67.1 cm³/mol. The first-order valence-corrected chi connectivity index (χ1v) is 6.69. The predicted octanol–water partition coefficient (Wildman–Crippen LogP) is 3.49. The van der Waals surface area contributed by atoms with E-state index in [1.54, 1.807) is 0 Å². The molecule has 2 nitrogen and oxygen atoms in total. The molecule has 0 bridgehead atoms. The van der Waals surface area contributed by atoms with Crippen molar-refractivity contribution in [2.75, 3.05) is 19.8 Å². The molecule has 0 saturated carbocycles. The highest BCUT2D eigenvalue weighted by Crippen LogP contribution is 2.03. The largest absolute Gasteiger partial charge is 0.381 e. The molecule has 0 aromatic rings. The van der Waals surface area contributed by atoms with Gasteiger partial charge >= 0.3 is 0 Å². The molecule has 2 heteroatoms. The summed E-state index contributed by atoms with van der Waals surface area (Å²) in [7, 11) is 0. The molecule has 0 aromatic heterocycles. The molecule has 0 aliphatic rings. The van der Waals surface area contributed by atoms with Crippen molar-refractivity contribution in [3.63, 3.8) is 0 Å². The SMILES string of the molecule is CCCCCCCOCCCCCCN. The fraction of sp³-hybridized carbons (Fsp3) is 1.00. The molecule has 0 aromatic carbocycles. The minimum atomic E-state index is 0.832. The summed E-state index contributed by atoms with van der Waals surface area (Å²) in [6.07, 6.45) is 11.5. The van der Waals surface area contributed by atoms with Crippen LogP contribution in [0.15, 0.2) is 0 Å². The zero-order valence-electron chi connectivity index (χ0n) is 10.5. The van der Waals surface area contributed by atoms with E-state index in [2.05, 4.69) is 6.92 Å². The van der Waals surface area contributed by atoms with Gasteiger partial charge in [0.15, 0.2) is 0 Å². The molecule has 0 saturated heterocycles. The van der Waals surface area contributed by atoms with Crippen molar-refractivity contribution in [1.29, 1.82) is 0 Å². The summed E-state index contributed by atoms with van der Waals surface area (Å²) in [5.41, 5.74) is 5.42. The maximum Gasteiger partial charge on any atom is 0.0466 e. The highest BCUT2D eigenvalue weighted by atomic mass is 16.5. The van der Waals surface area contributed by atoms with Crippen LogP contribution in [0.3, 0.4) is 0 Å². The zero-order chi connectivity index (χ0) is 11.2. The minimum absolute atomic E-state index is 0.832. The van der Waals surface area contributed by atoms with Gasteiger partial charge in [-0.2, -0.15) is 0 Å². The van der Waals surface area contributed by atoms with Crippen LogP contribution in [0.4, 0.5) is 0 Å². The normalized spacial score (nSPS) is 10.8. The maximum atomic E-state index is 5.56. The number of nitrogens with two attached hydrogens (primary N) is 1. The third kappa shape index (κ3) is 13.9. The molecule has 0 aliphatic carbocycles. The van der Waals surface area contributed by atoms with Crippen molar-refractivity contribution in [1.82, 2.24) is 0 Å². The summed E-state index contributed by atoms with van der Waals surface area (Å²) in [5, 5.41) is 0. The minimum Gasteiger partial charge on any atom is -0.381 e. The van der Waals surface area contributed by atoms with Crippen molar-refractivity contribution >= 4 is 0 Å². The van der Waals surface area contributed by atoms with E-state index < -0.39 is 0 Å². The summed E-state index contributed by atoms with van der Waals surface area (Å²) in [6, 6.07) is 0. The molecule has 0 atom stereocenters. The molecule has 0 amide bonds. The first-order chi connectivity index (χ1) is 7.41. The fourth-order valence-corrected chi connectivity index (χ4v) is 1.61. The summed E-state index contributed by atoms with van der Waals surface area (Å²) < 4.78 is 5.56. The Bertz CT molecular complexity index is 94.7. The number of hydrogen-bond donors (Lipinski definition) is 1. The van der Waals surface area contributed by atoms with Crippen LogP contribution in [0.25, 0.3) is 0 Å². The van der Waals surface area contributed by atoms with Crippen LogP contribution in [0.1, 0.15) is 64.7 Å². The Labute approximate surface area is 95.6 Å². The molecular formula is C13H29NO. The molecule has 0 unspecified atom stereocenters. The standard InChI is InChI=1S/C13H29NO/c1-2-3-4-6-9-12-15-13-10-7-5-8-11-14/h2-14H2,1H3. The van der Waals surface area contributed by atoms with Crippen molar-refractivity contribution in [3.05, 3.63) is 0 Å². The van der Waals surface area contributed by atoms with Gasteiger partial charge in [0.25, 0.3) is 0 Å². The van der Waals surface area contributed by atoms with Gasteiger partial charge in [0, 0.05) is 13.2 Å². The van der Waals surface area contributed by atoms with E-state index in [9.17, 15) is 0 Å². The molecule has 0 spiro atoms. The molecule has 15 heavy (non-hydrogen) atoms. The number of ether oxygens (including phenoxy) is 1. The first kappa shape index (κ1) is 14.9. The van der Waals surface area contributed by atoms with Crippen LogP contribution in [-0.2, 0) is 4.74 Å². The monoisotopic (exact) mass is 215 g/mol. The first-order valence-electron chi connectivity index (χ1n) is 6.69. The average molecular weight is 215 g/mol. The van der Waals surface area contributed by atoms with Crippen LogP contribution < -0.4 is 5.73 Å². The van der Waals surface area contributed by atoms with Crippen LogP contribution in [0, 0.1) is 0 Å². The van der Waals surface area contributed by atoms with Gasteiger partial charge in [-0.15, -0.1) is 0 Å². The van der Waals surface area contributed by atoms with Gasteiger partial charge in [0.05, 0.1) is 0 Å². The quantitative estimate of drug-likeness (QED) is 0.506. The van der Waals surface area contributed by atoms with Crippen molar-refractivity contribution in [3.8, 4) is 0 Å². The lowest BCUT2D eigenvalue weighted by atomic mass is 10.2. The number of unbranched alkanes of at least 4 members (excludes halogenated alkanes) is 7. The Balaban J connectivity index is 2.81. The van der Waals surface area contributed by atoms with Gasteiger partial charge in [-0.25, -0.2) is 0 Å². The lowest BCUT2D eigenvalue weighted by molar-refractivity contribution is 0.125. The van der Waals surface area contributed by atoms with Crippen molar-refractivity contribution in [2.24, 2.45) is 5.73 Å².